The Hall–Kier alpha value is -1.56. The summed E-state index contributed by atoms with van der Waals surface area (Å²) in [5, 5.41) is 2.43. The van der Waals surface area contributed by atoms with E-state index in [9.17, 15) is 18.0 Å². The maximum Gasteiger partial charge on any atom is 0.416 e. The van der Waals surface area contributed by atoms with E-state index in [4.69, 9.17) is 5.73 Å². The molecule has 0 saturated carbocycles. The van der Waals surface area contributed by atoms with Crippen molar-refractivity contribution in [2.75, 3.05) is 5.32 Å². The highest BCUT2D eigenvalue weighted by Crippen LogP contribution is 2.30. The SMILES string of the molecule is CC(C)(N)CCC(=O)Nc1cccc(C(F)(F)F)c1. The van der Waals surface area contributed by atoms with Gasteiger partial charge < -0.3 is 11.1 Å². The van der Waals surface area contributed by atoms with Crippen molar-refractivity contribution >= 4 is 11.6 Å². The molecule has 106 valence electrons. The molecule has 1 aromatic carbocycles. The van der Waals surface area contributed by atoms with Gasteiger partial charge in [-0.05, 0) is 38.5 Å². The van der Waals surface area contributed by atoms with Gasteiger partial charge in [-0.15, -0.1) is 0 Å². The Morgan fingerprint density at radius 2 is 1.95 bits per heavy atom. The first-order valence-corrected chi connectivity index (χ1v) is 5.84. The Balaban J connectivity index is 2.65. The fraction of sp³-hybridized carbons (Fsp3) is 0.462. The summed E-state index contributed by atoms with van der Waals surface area (Å²) in [5.41, 5.74) is 4.59. The minimum absolute atomic E-state index is 0.134. The van der Waals surface area contributed by atoms with Crippen LogP contribution in [0.2, 0.25) is 0 Å². The molecule has 1 aromatic rings. The average Bonchev–Trinajstić information content (AvgIpc) is 2.25. The van der Waals surface area contributed by atoms with Gasteiger partial charge in [0, 0.05) is 17.6 Å². The molecule has 0 heterocycles. The number of halogens is 3. The standard InChI is InChI=1S/C13H17F3N2O/c1-12(2,17)7-6-11(19)18-10-5-3-4-9(8-10)13(14,15)16/h3-5,8H,6-7,17H2,1-2H3,(H,18,19). The van der Waals surface area contributed by atoms with Crippen LogP contribution < -0.4 is 11.1 Å². The quantitative estimate of drug-likeness (QED) is 0.886. The first kappa shape index (κ1) is 15.5. The number of amides is 1. The molecular formula is C13H17F3N2O. The predicted molar refractivity (Wildman–Crippen MR) is 67.6 cm³/mol. The van der Waals surface area contributed by atoms with Gasteiger partial charge in [-0.1, -0.05) is 6.07 Å². The molecule has 0 spiro atoms. The van der Waals surface area contributed by atoms with E-state index in [1.165, 1.54) is 12.1 Å². The number of alkyl halides is 3. The number of hydrogen-bond acceptors (Lipinski definition) is 2. The van der Waals surface area contributed by atoms with Gasteiger partial charge >= 0.3 is 6.18 Å². The summed E-state index contributed by atoms with van der Waals surface area (Å²) >= 11 is 0. The molecule has 0 saturated heterocycles. The molecule has 0 aliphatic carbocycles. The number of rotatable bonds is 4. The number of nitrogens with one attached hydrogen (secondary N) is 1. The zero-order valence-electron chi connectivity index (χ0n) is 10.8. The van der Waals surface area contributed by atoms with Crippen LogP contribution in [0.1, 0.15) is 32.3 Å². The first-order chi connectivity index (χ1) is 8.58. The Morgan fingerprint density at radius 3 is 2.47 bits per heavy atom. The average molecular weight is 274 g/mol. The van der Waals surface area contributed by atoms with Crippen molar-refractivity contribution in [1.29, 1.82) is 0 Å². The lowest BCUT2D eigenvalue weighted by atomic mass is 10.00. The largest absolute Gasteiger partial charge is 0.416 e. The molecule has 1 rings (SSSR count). The first-order valence-electron chi connectivity index (χ1n) is 5.84. The molecule has 0 unspecified atom stereocenters. The molecule has 0 bridgehead atoms. The van der Waals surface area contributed by atoms with Crippen LogP contribution in [0.4, 0.5) is 18.9 Å². The minimum Gasteiger partial charge on any atom is -0.326 e. The van der Waals surface area contributed by atoms with E-state index in [0.29, 0.717) is 6.42 Å². The zero-order valence-corrected chi connectivity index (χ0v) is 10.8. The maximum absolute atomic E-state index is 12.5. The lowest BCUT2D eigenvalue weighted by Crippen LogP contribution is -2.33. The van der Waals surface area contributed by atoms with Crippen molar-refractivity contribution < 1.29 is 18.0 Å². The van der Waals surface area contributed by atoms with Gasteiger partial charge in [0.05, 0.1) is 5.56 Å². The smallest absolute Gasteiger partial charge is 0.326 e. The van der Waals surface area contributed by atoms with Crippen LogP contribution >= 0.6 is 0 Å². The summed E-state index contributed by atoms with van der Waals surface area (Å²) in [4.78, 5) is 11.6. The van der Waals surface area contributed by atoms with Crippen molar-refractivity contribution in [2.45, 2.75) is 38.4 Å². The highest BCUT2D eigenvalue weighted by Gasteiger charge is 2.30. The Morgan fingerprint density at radius 1 is 1.32 bits per heavy atom. The monoisotopic (exact) mass is 274 g/mol. The van der Waals surface area contributed by atoms with E-state index in [2.05, 4.69) is 5.32 Å². The third-order valence-electron chi connectivity index (χ3n) is 2.47. The Bertz CT molecular complexity index is 450. The fourth-order valence-electron chi connectivity index (χ4n) is 1.43. The van der Waals surface area contributed by atoms with Gasteiger partial charge in [0.15, 0.2) is 0 Å². The lowest BCUT2D eigenvalue weighted by Gasteiger charge is -2.17. The molecule has 0 fully saturated rings. The molecule has 3 N–H and O–H groups in total. The summed E-state index contributed by atoms with van der Waals surface area (Å²) in [6, 6.07) is 4.54. The second kappa shape index (κ2) is 5.61. The lowest BCUT2D eigenvalue weighted by molar-refractivity contribution is -0.137. The van der Waals surface area contributed by atoms with E-state index in [-0.39, 0.29) is 18.0 Å². The summed E-state index contributed by atoms with van der Waals surface area (Å²) in [6.45, 7) is 3.56. The van der Waals surface area contributed by atoms with E-state index in [1.54, 1.807) is 13.8 Å². The van der Waals surface area contributed by atoms with Gasteiger partial charge in [0.2, 0.25) is 5.91 Å². The molecule has 0 atom stereocenters. The third kappa shape index (κ3) is 5.74. The van der Waals surface area contributed by atoms with Crippen LogP contribution in [0.15, 0.2) is 24.3 Å². The molecule has 0 radical (unpaired) electrons. The Labute approximate surface area is 110 Å². The topological polar surface area (TPSA) is 55.1 Å². The summed E-state index contributed by atoms with van der Waals surface area (Å²) in [6.07, 6.45) is -3.79. The van der Waals surface area contributed by atoms with Gasteiger partial charge in [-0.25, -0.2) is 0 Å². The Kier molecular flexibility index (Phi) is 4.57. The number of carbonyl (C=O) groups is 1. The maximum atomic E-state index is 12.5. The van der Waals surface area contributed by atoms with Crippen LogP contribution in [0, 0.1) is 0 Å². The number of nitrogens with two attached hydrogens (primary N) is 1. The van der Waals surface area contributed by atoms with Gasteiger partial charge in [-0.3, -0.25) is 4.79 Å². The van der Waals surface area contributed by atoms with Crippen molar-refractivity contribution in [3.05, 3.63) is 29.8 Å². The van der Waals surface area contributed by atoms with E-state index in [0.717, 1.165) is 12.1 Å². The summed E-state index contributed by atoms with van der Waals surface area (Å²) in [7, 11) is 0. The van der Waals surface area contributed by atoms with Crippen molar-refractivity contribution in [3.8, 4) is 0 Å². The molecule has 0 aliphatic heterocycles. The molecule has 19 heavy (non-hydrogen) atoms. The molecule has 3 nitrogen and oxygen atoms in total. The second-order valence-electron chi connectivity index (χ2n) is 5.12. The highest BCUT2D eigenvalue weighted by atomic mass is 19.4. The van der Waals surface area contributed by atoms with E-state index < -0.39 is 17.3 Å². The number of hydrogen-bond donors (Lipinski definition) is 2. The summed E-state index contributed by atoms with van der Waals surface area (Å²) in [5.74, 6) is -0.349. The molecule has 0 aromatic heterocycles. The number of carbonyl (C=O) groups excluding carboxylic acids is 1. The number of anilines is 1. The zero-order chi connectivity index (χ0) is 14.7. The minimum atomic E-state index is -4.42. The molecular weight excluding hydrogens is 257 g/mol. The second-order valence-corrected chi connectivity index (χ2v) is 5.12. The molecule has 6 heteroatoms. The highest BCUT2D eigenvalue weighted by molar-refractivity contribution is 5.90. The van der Waals surface area contributed by atoms with Crippen LogP contribution in [-0.4, -0.2) is 11.4 Å². The van der Waals surface area contributed by atoms with Crippen LogP contribution in [0.3, 0.4) is 0 Å². The van der Waals surface area contributed by atoms with Crippen molar-refractivity contribution in [1.82, 2.24) is 0 Å². The van der Waals surface area contributed by atoms with Gasteiger partial charge in [0.25, 0.3) is 0 Å². The number of benzene rings is 1. The van der Waals surface area contributed by atoms with Gasteiger partial charge in [-0.2, -0.15) is 13.2 Å². The normalized spacial score (nSPS) is 12.3. The predicted octanol–water partition coefficient (Wildman–Crippen LogP) is 3.16. The third-order valence-corrected chi connectivity index (χ3v) is 2.47. The van der Waals surface area contributed by atoms with Crippen LogP contribution in [-0.2, 0) is 11.0 Å². The molecule has 1 amide bonds. The van der Waals surface area contributed by atoms with Crippen molar-refractivity contribution in [2.24, 2.45) is 5.73 Å². The van der Waals surface area contributed by atoms with E-state index in [1.807, 2.05) is 0 Å². The molecule has 0 aliphatic rings. The van der Waals surface area contributed by atoms with E-state index >= 15 is 0 Å². The summed E-state index contributed by atoms with van der Waals surface area (Å²) < 4.78 is 37.4. The fourth-order valence-corrected chi connectivity index (χ4v) is 1.43. The van der Waals surface area contributed by atoms with Crippen molar-refractivity contribution in [3.63, 3.8) is 0 Å². The van der Waals surface area contributed by atoms with Crippen LogP contribution in [0.25, 0.3) is 0 Å². The van der Waals surface area contributed by atoms with Crippen LogP contribution in [0.5, 0.6) is 0 Å². The van der Waals surface area contributed by atoms with Gasteiger partial charge in [0.1, 0.15) is 0 Å².